The standard InChI is InChI=1S/C16H25NO5/c1-10(8-17)7-11-3-4-14-16(21-11)12(9-18)13(22-14)5-6-15(19)20-2/h10-14,16,18H,3-7,9H2,1-2H3/t10-,11-,12-,13+,14+,16?/m1/s1. The maximum absolute atomic E-state index is 11.3. The average Bonchev–Trinajstić information content (AvgIpc) is 2.89. The Bertz CT molecular complexity index is 421. The van der Waals surface area contributed by atoms with E-state index in [9.17, 15) is 9.90 Å². The molecular weight excluding hydrogens is 286 g/mol. The molecule has 6 nitrogen and oxygen atoms in total. The Morgan fingerprint density at radius 3 is 2.86 bits per heavy atom. The normalized spacial score (nSPS) is 35.5. The fraction of sp³-hybridized carbons (Fsp3) is 0.875. The van der Waals surface area contributed by atoms with Gasteiger partial charge in [0.05, 0.1) is 44.2 Å². The lowest BCUT2D eigenvalue weighted by atomic mass is 9.89. The van der Waals surface area contributed by atoms with E-state index in [-0.39, 0.29) is 55.2 Å². The summed E-state index contributed by atoms with van der Waals surface area (Å²) in [6.45, 7) is 1.87. The molecule has 2 saturated heterocycles. The highest BCUT2D eigenvalue weighted by molar-refractivity contribution is 5.69. The minimum absolute atomic E-state index is 0.0200. The third kappa shape index (κ3) is 3.97. The first-order valence-corrected chi connectivity index (χ1v) is 7.97. The molecule has 6 heteroatoms. The summed E-state index contributed by atoms with van der Waals surface area (Å²) in [6, 6.07) is 2.23. The highest BCUT2D eigenvalue weighted by Gasteiger charge is 2.47. The molecule has 0 aliphatic carbocycles. The molecule has 0 saturated carbocycles. The van der Waals surface area contributed by atoms with Crippen molar-refractivity contribution in [2.24, 2.45) is 11.8 Å². The number of carbonyl (C=O) groups excluding carboxylic acids is 1. The number of hydrogen-bond acceptors (Lipinski definition) is 6. The van der Waals surface area contributed by atoms with Gasteiger partial charge < -0.3 is 19.3 Å². The summed E-state index contributed by atoms with van der Waals surface area (Å²) in [5.41, 5.74) is 0. The fourth-order valence-electron chi connectivity index (χ4n) is 3.44. The molecule has 0 amide bonds. The molecular formula is C16H25NO5. The summed E-state index contributed by atoms with van der Waals surface area (Å²) in [5, 5.41) is 18.6. The van der Waals surface area contributed by atoms with Crippen molar-refractivity contribution in [3.05, 3.63) is 0 Å². The number of esters is 1. The number of rotatable bonds is 6. The molecule has 2 fully saturated rings. The van der Waals surface area contributed by atoms with Crippen LogP contribution in [0.5, 0.6) is 0 Å². The van der Waals surface area contributed by atoms with E-state index in [2.05, 4.69) is 10.8 Å². The molecule has 1 N–H and O–H groups in total. The number of nitrogens with zero attached hydrogens (tertiary/aromatic N) is 1. The zero-order chi connectivity index (χ0) is 16.1. The Labute approximate surface area is 131 Å². The van der Waals surface area contributed by atoms with Crippen LogP contribution in [0.2, 0.25) is 0 Å². The van der Waals surface area contributed by atoms with Gasteiger partial charge in [-0.15, -0.1) is 0 Å². The Balaban J connectivity index is 1.92. The Kier molecular flexibility index (Phi) is 6.18. The zero-order valence-corrected chi connectivity index (χ0v) is 13.2. The van der Waals surface area contributed by atoms with Crippen LogP contribution in [-0.4, -0.2) is 49.2 Å². The van der Waals surface area contributed by atoms with Gasteiger partial charge in [0.15, 0.2) is 0 Å². The number of hydrogen-bond donors (Lipinski definition) is 1. The average molecular weight is 311 g/mol. The summed E-state index contributed by atoms with van der Waals surface area (Å²) in [6.07, 6.45) is 2.99. The number of fused-ring (bicyclic) bond motifs is 1. The lowest BCUT2D eigenvalue weighted by Gasteiger charge is -2.34. The van der Waals surface area contributed by atoms with Crippen LogP contribution in [0.3, 0.4) is 0 Å². The van der Waals surface area contributed by atoms with Crippen LogP contribution in [-0.2, 0) is 19.0 Å². The highest BCUT2D eigenvalue weighted by atomic mass is 16.6. The predicted octanol–water partition coefficient (Wildman–Crippen LogP) is 1.41. The molecule has 6 atom stereocenters. The van der Waals surface area contributed by atoms with Gasteiger partial charge in [-0.2, -0.15) is 5.26 Å². The molecule has 0 bridgehead atoms. The summed E-state index contributed by atoms with van der Waals surface area (Å²) in [7, 11) is 1.37. The first kappa shape index (κ1) is 17.2. The van der Waals surface area contributed by atoms with E-state index in [1.807, 2.05) is 6.92 Å². The van der Waals surface area contributed by atoms with Crippen molar-refractivity contribution >= 4 is 5.97 Å². The first-order valence-electron chi connectivity index (χ1n) is 7.97. The van der Waals surface area contributed by atoms with E-state index < -0.39 is 0 Å². The van der Waals surface area contributed by atoms with Gasteiger partial charge in [0.1, 0.15) is 0 Å². The maximum atomic E-state index is 11.3. The molecule has 2 aliphatic rings. The first-order chi connectivity index (χ1) is 10.6. The van der Waals surface area contributed by atoms with Gasteiger partial charge >= 0.3 is 5.97 Å². The summed E-state index contributed by atoms with van der Waals surface area (Å²) in [5.74, 6) is -0.418. The third-order valence-electron chi connectivity index (χ3n) is 4.65. The molecule has 0 radical (unpaired) electrons. The quantitative estimate of drug-likeness (QED) is 0.746. The summed E-state index contributed by atoms with van der Waals surface area (Å²) in [4.78, 5) is 11.3. The van der Waals surface area contributed by atoms with Crippen LogP contribution >= 0.6 is 0 Å². The topological polar surface area (TPSA) is 88.8 Å². The summed E-state index contributed by atoms with van der Waals surface area (Å²) < 4.78 is 16.7. The number of carbonyl (C=O) groups is 1. The molecule has 2 aliphatic heterocycles. The van der Waals surface area contributed by atoms with Crippen LogP contribution in [0, 0.1) is 23.2 Å². The second-order valence-electron chi connectivity index (χ2n) is 6.24. The van der Waals surface area contributed by atoms with Gasteiger partial charge in [-0.3, -0.25) is 4.79 Å². The van der Waals surface area contributed by atoms with Crippen LogP contribution in [0.1, 0.15) is 39.0 Å². The lowest BCUT2D eigenvalue weighted by Crippen LogP contribution is -2.41. The van der Waals surface area contributed by atoms with Crippen molar-refractivity contribution in [2.45, 2.75) is 63.4 Å². The number of nitriles is 1. The largest absolute Gasteiger partial charge is 0.469 e. The minimum atomic E-state index is -0.267. The Morgan fingerprint density at radius 1 is 1.45 bits per heavy atom. The van der Waals surface area contributed by atoms with Crippen LogP contribution in [0.15, 0.2) is 0 Å². The van der Waals surface area contributed by atoms with Gasteiger partial charge in [0.25, 0.3) is 0 Å². The smallest absolute Gasteiger partial charge is 0.305 e. The summed E-state index contributed by atoms with van der Waals surface area (Å²) >= 11 is 0. The molecule has 0 aromatic heterocycles. The van der Waals surface area contributed by atoms with Crippen molar-refractivity contribution in [1.29, 1.82) is 5.26 Å². The number of ether oxygens (including phenoxy) is 3. The van der Waals surface area contributed by atoms with Crippen LogP contribution < -0.4 is 0 Å². The lowest BCUT2D eigenvalue weighted by molar-refractivity contribution is -0.141. The molecule has 0 aromatic carbocycles. The molecule has 2 rings (SSSR count). The maximum Gasteiger partial charge on any atom is 0.305 e. The van der Waals surface area contributed by atoms with E-state index >= 15 is 0 Å². The molecule has 1 unspecified atom stereocenters. The molecule has 22 heavy (non-hydrogen) atoms. The van der Waals surface area contributed by atoms with E-state index in [1.54, 1.807) is 0 Å². The predicted molar refractivity (Wildman–Crippen MR) is 77.8 cm³/mol. The van der Waals surface area contributed by atoms with Gasteiger partial charge in [-0.05, 0) is 32.6 Å². The van der Waals surface area contributed by atoms with Gasteiger partial charge in [0, 0.05) is 18.3 Å². The monoisotopic (exact) mass is 311 g/mol. The van der Waals surface area contributed by atoms with E-state index in [0.29, 0.717) is 12.8 Å². The van der Waals surface area contributed by atoms with Crippen molar-refractivity contribution < 1.29 is 24.1 Å². The molecule has 2 heterocycles. The fourth-order valence-corrected chi connectivity index (χ4v) is 3.44. The Morgan fingerprint density at radius 2 is 2.23 bits per heavy atom. The molecule has 0 spiro atoms. The minimum Gasteiger partial charge on any atom is -0.469 e. The second-order valence-corrected chi connectivity index (χ2v) is 6.24. The van der Waals surface area contributed by atoms with Crippen molar-refractivity contribution in [1.82, 2.24) is 0 Å². The number of aliphatic hydroxyl groups is 1. The SMILES string of the molecule is COC(=O)CC[C@@H]1O[C@H]2CC[C@H](C[C@@H](C)C#N)OC2[C@@H]1CO. The Hall–Kier alpha value is -1.16. The zero-order valence-electron chi connectivity index (χ0n) is 13.2. The van der Waals surface area contributed by atoms with Crippen molar-refractivity contribution in [3.8, 4) is 6.07 Å². The van der Waals surface area contributed by atoms with Crippen molar-refractivity contribution in [3.63, 3.8) is 0 Å². The van der Waals surface area contributed by atoms with E-state index in [4.69, 9.17) is 14.7 Å². The van der Waals surface area contributed by atoms with Crippen LogP contribution in [0.4, 0.5) is 0 Å². The molecule has 124 valence electrons. The second kappa shape index (κ2) is 7.91. The number of aliphatic hydroxyl groups excluding tert-OH is 1. The highest BCUT2D eigenvalue weighted by Crippen LogP contribution is 2.39. The van der Waals surface area contributed by atoms with Crippen molar-refractivity contribution in [2.75, 3.05) is 13.7 Å². The molecule has 0 aromatic rings. The van der Waals surface area contributed by atoms with Gasteiger partial charge in [0.2, 0.25) is 0 Å². The van der Waals surface area contributed by atoms with Gasteiger partial charge in [-0.1, -0.05) is 0 Å². The third-order valence-corrected chi connectivity index (χ3v) is 4.65. The number of methoxy groups -OCH3 is 1. The van der Waals surface area contributed by atoms with E-state index in [1.165, 1.54) is 7.11 Å². The van der Waals surface area contributed by atoms with Crippen LogP contribution in [0.25, 0.3) is 0 Å². The van der Waals surface area contributed by atoms with E-state index in [0.717, 1.165) is 12.8 Å². The van der Waals surface area contributed by atoms with Gasteiger partial charge in [-0.25, -0.2) is 0 Å².